The van der Waals surface area contributed by atoms with Crippen LogP contribution < -0.4 is 14.4 Å². The first-order chi connectivity index (χ1) is 10.5. The molecule has 0 radical (unpaired) electrons. The molecule has 22 heavy (non-hydrogen) atoms. The molecule has 1 aromatic heterocycles. The van der Waals surface area contributed by atoms with Gasteiger partial charge in [0.05, 0.1) is 31.5 Å². The summed E-state index contributed by atoms with van der Waals surface area (Å²) in [6.07, 6.45) is 1.16. The number of aryl methyl sites for hydroxylation is 1. The number of fused-ring (bicyclic) bond motifs is 1. The lowest BCUT2D eigenvalue weighted by Crippen LogP contribution is -2.14. The minimum Gasteiger partial charge on any atom is -0.493 e. The standard InChI is InChI=1S/C17H21N3O2/c1-11-12(7-6-8-18)17(20(2)3)13-9-15(21-4)16(22-5)10-14(13)19-11/h9-10H,6-7H2,1-5H3. The molecule has 0 unspecified atom stereocenters. The number of aromatic nitrogens is 1. The Morgan fingerprint density at radius 1 is 1.18 bits per heavy atom. The van der Waals surface area contributed by atoms with Crippen LogP contribution in [0.4, 0.5) is 5.69 Å². The van der Waals surface area contributed by atoms with Gasteiger partial charge < -0.3 is 14.4 Å². The zero-order valence-corrected chi connectivity index (χ0v) is 13.7. The van der Waals surface area contributed by atoms with E-state index in [0.717, 1.165) is 27.8 Å². The molecular weight excluding hydrogens is 278 g/mol. The van der Waals surface area contributed by atoms with E-state index in [1.165, 1.54) is 0 Å². The zero-order chi connectivity index (χ0) is 16.3. The number of benzene rings is 1. The maximum absolute atomic E-state index is 8.89. The van der Waals surface area contributed by atoms with Crippen molar-refractivity contribution in [2.24, 2.45) is 0 Å². The molecule has 0 atom stereocenters. The number of nitriles is 1. The molecule has 0 N–H and O–H groups in total. The summed E-state index contributed by atoms with van der Waals surface area (Å²) >= 11 is 0. The van der Waals surface area contributed by atoms with Crippen LogP contribution in [0.15, 0.2) is 12.1 Å². The Labute approximate surface area is 131 Å². The van der Waals surface area contributed by atoms with Crippen LogP contribution in [0.2, 0.25) is 0 Å². The van der Waals surface area contributed by atoms with Crippen molar-refractivity contribution in [2.75, 3.05) is 33.2 Å². The molecule has 0 spiro atoms. The first kappa shape index (κ1) is 15.9. The van der Waals surface area contributed by atoms with E-state index in [1.807, 2.05) is 33.2 Å². The topological polar surface area (TPSA) is 58.4 Å². The highest BCUT2D eigenvalue weighted by Gasteiger charge is 2.17. The minimum absolute atomic E-state index is 0.474. The van der Waals surface area contributed by atoms with Crippen molar-refractivity contribution >= 4 is 16.6 Å². The van der Waals surface area contributed by atoms with Gasteiger partial charge in [-0.1, -0.05) is 0 Å². The van der Waals surface area contributed by atoms with Crippen molar-refractivity contribution in [1.29, 1.82) is 5.26 Å². The number of nitrogens with zero attached hydrogens (tertiary/aromatic N) is 3. The number of anilines is 1. The zero-order valence-electron chi connectivity index (χ0n) is 13.7. The second-order valence-electron chi connectivity index (χ2n) is 5.30. The van der Waals surface area contributed by atoms with Crippen molar-refractivity contribution in [1.82, 2.24) is 4.98 Å². The summed E-state index contributed by atoms with van der Waals surface area (Å²) < 4.78 is 10.8. The molecule has 2 aromatic rings. The molecule has 0 aliphatic rings. The number of rotatable bonds is 5. The Morgan fingerprint density at radius 2 is 1.82 bits per heavy atom. The van der Waals surface area contributed by atoms with Crippen molar-refractivity contribution in [3.8, 4) is 17.6 Å². The summed E-state index contributed by atoms with van der Waals surface area (Å²) in [5.74, 6) is 1.34. The van der Waals surface area contributed by atoms with Crippen molar-refractivity contribution < 1.29 is 9.47 Å². The van der Waals surface area contributed by atoms with Crippen molar-refractivity contribution in [2.45, 2.75) is 19.8 Å². The van der Waals surface area contributed by atoms with E-state index in [9.17, 15) is 0 Å². The van der Waals surface area contributed by atoms with Crippen LogP contribution in [0, 0.1) is 18.3 Å². The fraction of sp³-hybridized carbons (Fsp3) is 0.412. The van der Waals surface area contributed by atoms with Crippen LogP contribution in [0.1, 0.15) is 17.7 Å². The third-order valence-electron chi connectivity index (χ3n) is 3.70. The van der Waals surface area contributed by atoms with Crippen molar-refractivity contribution in [3.63, 3.8) is 0 Å². The third-order valence-corrected chi connectivity index (χ3v) is 3.70. The van der Waals surface area contributed by atoms with Gasteiger partial charge in [0.2, 0.25) is 0 Å². The van der Waals surface area contributed by atoms with Crippen LogP contribution >= 0.6 is 0 Å². The van der Waals surface area contributed by atoms with Gasteiger partial charge in [-0.25, -0.2) is 0 Å². The second kappa shape index (κ2) is 6.52. The maximum atomic E-state index is 8.89. The average molecular weight is 299 g/mol. The minimum atomic E-state index is 0.474. The van der Waals surface area contributed by atoms with Crippen LogP contribution in [-0.2, 0) is 6.42 Å². The summed E-state index contributed by atoms with van der Waals surface area (Å²) in [5.41, 5.74) is 3.99. The van der Waals surface area contributed by atoms with E-state index in [-0.39, 0.29) is 0 Å². The van der Waals surface area contributed by atoms with Crippen LogP contribution in [-0.4, -0.2) is 33.3 Å². The molecule has 0 aliphatic heterocycles. The highest BCUT2D eigenvalue weighted by Crippen LogP contribution is 2.38. The predicted octanol–water partition coefficient (Wildman–Crippen LogP) is 3.08. The molecule has 0 saturated heterocycles. The smallest absolute Gasteiger partial charge is 0.162 e. The monoisotopic (exact) mass is 299 g/mol. The van der Waals surface area contributed by atoms with Gasteiger partial charge >= 0.3 is 0 Å². The summed E-state index contributed by atoms with van der Waals surface area (Å²) in [4.78, 5) is 6.75. The summed E-state index contributed by atoms with van der Waals surface area (Å²) in [6, 6.07) is 6.05. The van der Waals surface area contributed by atoms with Gasteiger partial charge in [0.1, 0.15) is 0 Å². The van der Waals surface area contributed by atoms with E-state index in [0.29, 0.717) is 24.3 Å². The molecule has 0 fully saturated rings. The average Bonchev–Trinajstić information content (AvgIpc) is 2.50. The summed E-state index contributed by atoms with van der Waals surface area (Å²) in [5, 5.41) is 9.89. The lowest BCUT2D eigenvalue weighted by atomic mass is 10.0. The SMILES string of the molecule is COc1cc2nc(C)c(CCC#N)c(N(C)C)c2cc1OC. The number of methoxy groups -OCH3 is 2. The van der Waals surface area contributed by atoms with Gasteiger partial charge in [-0.3, -0.25) is 4.98 Å². The molecule has 0 aliphatic carbocycles. The molecular formula is C17H21N3O2. The third kappa shape index (κ3) is 2.77. The predicted molar refractivity (Wildman–Crippen MR) is 87.8 cm³/mol. The highest BCUT2D eigenvalue weighted by atomic mass is 16.5. The van der Waals surface area contributed by atoms with Crippen LogP contribution in [0.3, 0.4) is 0 Å². The summed E-state index contributed by atoms with van der Waals surface area (Å²) in [7, 11) is 7.24. The molecule has 5 nitrogen and oxygen atoms in total. The van der Waals surface area contributed by atoms with Gasteiger partial charge in [-0.15, -0.1) is 0 Å². The lowest BCUT2D eigenvalue weighted by Gasteiger charge is -2.22. The first-order valence-electron chi connectivity index (χ1n) is 7.13. The second-order valence-corrected chi connectivity index (χ2v) is 5.30. The largest absolute Gasteiger partial charge is 0.493 e. The number of ether oxygens (including phenoxy) is 2. The maximum Gasteiger partial charge on any atom is 0.162 e. The van der Waals surface area contributed by atoms with Crippen LogP contribution in [0.25, 0.3) is 10.9 Å². The van der Waals surface area contributed by atoms with Gasteiger partial charge in [0, 0.05) is 37.7 Å². The number of pyridine rings is 1. The molecule has 0 saturated carbocycles. The van der Waals surface area contributed by atoms with Crippen molar-refractivity contribution in [3.05, 3.63) is 23.4 Å². The molecule has 5 heteroatoms. The summed E-state index contributed by atoms with van der Waals surface area (Å²) in [6.45, 7) is 1.98. The Kier molecular flexibility index (Phi) is 4.71. The van der Waals surface area contributed by atoms with Gasteiger partial charge in [0.25, 0.3) is 0 Å². The van der Waals surface area contributed by atoms with Gasteiger partial charge in [-0.05, 0) is 25.0 Å². The van der Waals surface area contributed by atoms with Gasteiger partial charge in [0.15, 0.2) is 11.5 Å². The van der Waals surface area contributed by atoms with Crippen LogP contribution in [0.5, 0.6) is 11.5 Å². The number of hydrogen-bond donors (Lipinski definition) is 0. The lowest BCUT2D eigenvalue weighted by molar-refractivity contribution is 0.356. The van der Waals surface area contributed by atoms with E-state index >= 15 is 0 Å². The Hall–Kier alpha value is -2.48. The van der Waals surface area contributed by atoms with E-state index in [4.69, 9.17) is 14.7 Å². The Bertz CT molecular complexity index is 733. The van der Waals surface area contributed by atoms with E-state index < -0.39 is 0 Å². The molecule has 0 bridgehead atoms. The molecule has 0 amide bonds. The quantitative estimate of drug-likeness (QED) is 0.849. The first-order valence-corrected chi connectivity index (χ1v) is 7.13. The highest BCUT2D eigenvalue weighted by molar-refractivity contribution is 5.96. The Morgan fingerprint density at radius 3 is 2.36 bits per heavy atom. The van der Waals surface area contributed by atoms with E-state index in [1.54, 1.807) is 14.2 Å². The Balaban J connectivity index is 2.80. The molecule has 1 heterocycles. The molecule has 2 rings (SSSR count). The molecule has 116 valence electrons. The normalized spacial score (nSPS) is 10.4. The van der Waals surface area contributed by atoms with Gasteiger partial charge in [-0.2, -0.15) is 5.26 Å². The number of hydrogen-bond acceptors (Lipinski definition) is 5. The van der Waals surface area contributed by atoms with E-state index in [2.05, 4.69) is 16.0 Å². The fourth-order valence-electron chi connectivity index (χ4n) is 2.72. The fourth-order valence-corrected chi connectivity index (χ4v) is 2.72. The molecule has 1 aromatic carbocycles.